The molecule has 2 rings (SSSR count). The fraction of sp³-hybridized carbons (Fsp3) is 0.238. The van der Waals surface area contributed by atoms with Crippen molar-refractivity contribution in [1.82, 2.24) is 10.7 Å². The number of hydrazone groups is 1. The van der Waals surface area contributed by atoms with E-state index in [1.807, 2.05) is 30.3 Å². The lowest BCUT2D eigenvalue weighted by atomic mass is 10.2. The molecule has 2 aromatic carbocycles. The third kappa shape index (κ3) is 8.41. The molecule has 154 valence electrons. The predicted octanol–water partition coefficient (Wildman–Crippen LogP) is 4.18. The van der Waals surface area contributed by atoms with Crippen LogP contribution in [-0.4, -0.2) is 38.2 Å². The van der Waals surface area contributed by atoms with Crippen LogP contribution in [0.4, 0.5) is 0 Å². The highest BCUT2D eigenvalue weighted by Gasteiger charge is 2.04. The third-order valence-corrected chi connectivity index (χ3v) is 4.09. The second-order valence-electron chi connectivity index (χ2n) is 5.78. The van der Waals surface area contributed by atoms with Gasteiger partial charge in [-0.2, -0.15) is 5.10 Å². The number of ether oxygens (including phenoxy) is 3. The van der Waals surface area contributed by atoms with E-state index in [1.165, 1.54) is 0 Å². The zero-order valence-electron chi connectivity index (χ0n) is 16.2. The van der Waals surface area contributed by atoms with Gasteiger partial charge in [-0.15, -0.1) is 6.58 Å². The van der Waals surface area contributed by atoms with Gasteiger partial charge in [0.2, 0.25) is 0 Å². The molecule has 0 aliphatic carbocycles. The first kappa shape index (κ1) is 22.5. The molecule has 0 aromatic heterocycles. The number of halogens is 1. The summed E-state index contributed by atoms with van der Waals surface area (Å²) < 4.78 is 16.7. The minimum absolute atomic E-state index is 0.404. The zero-order chi connectivity index (χ0) is 20.9. The third-order valence-electron chi connectivity index (χ3n) is 3.62. The monoisotopic (exact) mass is 433 g/mol. The Morgan fingerprint density at radius 2 is 1.86 bits per heavy atom. The van der Waals surface area contributed by atoms with Crippen LogP contribution in [0.1, 0.15) is 12.0 Å². The number of hydrogen-bond acceptors (Lipinski definition) is 5. The van der Waals surface area contributed by atoms with Gasteiger partial charge in [0.15, 0.2) is 5.11 Å². The molecule has 0 spiro atoms. The largest absolute Gasteiger partial charge is 0.497 e. The maximum atomic E-state index is 6.08. The summed E-state index contributed by atoms with van der Waals surface area (Å²) >= 11 is 11.2. The van der Waals surface area contributed by atoms with Crippen molar-refractivity contribution in [3.05, 3.63) is 65.7 Å². The van der Waals surface area contributed by atoms with Crippen LogP contribution < -0.4 is 25.0 Å². The lowest BCUT2D eigenvalue weighted by molar-refractivity contribution is 0.247. The summed E-state index contributed by atoms with van der Waals surface area (Å²) in [4.78, 5) is 0. The van der Waals surface area contributed by atoms with Gasteiger partial charge in [-0.05, 0) is 54.7 Å². The Balaban J connectivity index is 1.80. The highest BCUT2D eigenvalue weighted by atomic mass is 35.5. The SMILES string of the molecule is C=CCNC(=S)N/N=C\c1cc(Cl)ccc1OCCCOc1ccc(OC)cc1. The van der Waals surface area contributed by atoms with Crippen LogP contribution >= 0.6 is 23.8 Å². The summed E-state index contributed by atoms with van der Waals surface area (Å²) in [5.74, 6) is 2.26. The van der Waals surface area contributed by atoms with E-state index in [4.69, 9.17) is 38.0 Å². The Hall–Kier alpha value is -2.77. The second-order valence-corrected chi connectivity index (χ2v) is 6.62. The van der Waals surface area contributed by atoms with Crippen molar-refractivity contribution in [1.29, 1.82) is 0 Å². The van der Waals surface area contributed by atoms with Crippen molar-refractivity contribution >= 4 is 35.1 Å². The summed E-state index contributed by atoms with van der Waals surface area (Å²) in [6, 6.07) is 12.8. The van der Waals surface area contributed by atoms with Crippen LogP contribution in [0.3, 0.4) is 0 Å². The Kier molecular flexibility index (Phi) is 9.82. The minimum Gasteiger partial charge on any atom is -0.497 e. The first-order valence-corrected chi connectivity index (χ1v) is 9.78. The first-order valence-electron chi connectivity index (χ1n) is 8.99. The molecular formula is C21H24ClN3O3S. The molecule has 2 aromatic rings. The van der Waals surface area contributed by atoms with Gasteiger partial charge < -0.3 is 19.5 Å². The zero-order valence-corrected chi connectivity index (χ0v) is 17.8. The summed E-state index contributed by atoms with van der Waals surface area (Å²) in [5, 5.41) is 8.03. The van der Waals surface area contributed by atoms with Gasteiger partial charge in [0.25, 0.3) is 0 Å². The molecule has 0 saturated heterocycles. The van der Waals surface area contributed by atoms with Crippen LogP contribution in [0.25, 0.3) is 0 Å². The van der Waals surface area contributed by atoms with E-state index in [0.29, 0.717) is 35.6 Å². The molecule has 0 aliphatic heterocycles. The minimum atomic E-state index is 0.404. The van der Waals surface area contributed by atoms with Crippen molar-refractivity contribution in [2.24, 2.45) is 5.10 Å². The molecule has 0 saturated carbocycles. The van der Waals surface area contributed by atoms with Crippen LogP contribution in [-0.2, 0) is 0 Å². The van der Waals surface area contributed by atoms with Gasteiger partial charge in [0.05, 0.1) is 26.5 Å². The van der Waals surface area contributed by atoms with Crippen molar-refractivity contribution < 1.29 is 14.2 Å². The predicted molar refractivity (Wildman–Crippen MR) is 122 cm³/mol. The summed E-state index contributed by atoms with van der Waals surface area (Å²) in [5.41, 5.74) is 3.47. The number of nitrogens with one attached hydrogen (secondary N) is 2. The fourth-order valence-corrected chi connectivity index (χ4v) is 2.54. The molecule has 0 radical (unpaired) electrons. The lowest BCUT2D eigenvalue weighted by Gasteiger charge is -2.11. The number of benzene rings is 2. The molecule has 0 amide bonds. The van der Waals surface area contributed by atoms with E-state index < -0.39 is 0 Å². The van der Waals surface area contributed by atoms with Crippen molar-refractivity contribution in [3.8, 4) is 17.2 Å². The Bertz CT molecular complexity index is 828. The first-order chi connectivity index (χ1) is 14.1. The maximum absolute atomic E-state index is 6.08. The highest BCUT2D eigenvalue weighted by Crippen LogP contribution is 2.22. The topological polar surface area (TPSA) is 64.1 Å². The van der Waals surface area contributed by atoms with Crippen LogP contribution in [0.2, 0.25) is 5.02 Å². The van der Waals surface area contributed by atoms with E-state index in [-0.39, 0.29) is 0 Å². The number of thiocarbonyl (C=S) groups is 1. The van der Waals surface area contributed by atoms with E-state index in [9.17, 15) is 0 Å². The Labute approximate surface area is 181 Å². The van der Waals surface area contributed by atoms with Crippen molar-refractivity contribution in [3.63, 3.8) is 0 Å². The standard InChI is InChI=1S/C21H24ClN3O3S/c1-3-11-23-21(29)25-24-15-16-14-17(22)5-10-20(16)28-13-4-12-27-19-8-6-18(26-2)7-9-19/h3,5-10,14-15H,1,4,11-13H2,2H3,(H2,23,25,29)/b24-15-. The quantitative estimate of drug-likeness (QED) is 0.182. The fourth-order valence-electron chi connectivity index (χ4n) is 2.22. The normalized spacial score (nSPS) is 10.4. The van der Waals surface area contributed by atoms with Crippen LogP contribution in [0, 0.1) is 0 Å². The lowest BCUT2D eigenvalue weighted by Crippen LogP contribution is -2.31. The van der Waals surface area contributed by atoms with Gasteiger partial charge in [0, 0.05) is 23.6 Å². The van der Waals surface area contributed by atoms with Crippen LogP contribution in [0.15, 0.2) is 60.2 Å². The smallest absolute Gasteiger partial charge is 0.187 e. The van der Waals surface area contributed by atoms with Gasteiger partial charge in [-0.25, -0.2) is 0 Å². The molecule has 8 heteroatoms. The number of hydrogen-bond donors (Lipinski definition) is 2. The van der Waals surface area contributed by atoms with Crippen LogP contribution in [0.5, 0.6) is 17.2 Å². The van der Waals surface area contributed by atoms with Gasteiger partial charge >= 0.3 is 0 Å². The average molecular weight is 434 g/mol. The second kappa shape index (κ2) is 12.6. The number of rotatable bonds is 11. The number of nitrogens with zero attached hydrogens (tertiary/aromatic N) is 1. The molecule has 0 aliphatic rings. The Morgan fingerprint density at radius 1 is 1.14 bits per heavy atom. The van der Waals surface area contributed by atoms with Crippen molar-refractivity contribution in [2.75, 3.05) is 26.9 Å². The molecule has 0 atom stereocenters. The summed E-state index contributed by atoms with van der Waals surface area (Å²) in [6.45, 7) is 5.20. The van der Waals surface area contributed by atoms with Gasteiger partial charge in [-0.3, -0.25) is 5.43 Å². The van der Waals surface area contributed by atoms with E-state index in [1.54, 1.807) is 31.5 Å². The molecule has 29 heavy (non-hydrogen) atoms. The molecule has 0 fully saturated rings. The van der Waals surface area contributed by atoms with Crippen molar-refractivity contribution in [2.45, 2.75) is 6.42 Å². The molecule has 2 N–H and O–H groups in total. The average Bonchev–Trinajstić information content (AvgIpc) is 2.73. The van der Waals surface area contributed by atoms with Gasteiger partial charge in [0.1, 0.15) is 17.2 Å². The maximum Gasteiger partial charge on any atom is 0.187 e. The Morgan fingerprint density at radius 3 is 2.59 bits per heavy atom. The van der Waals surface area contributed by atoms with E-state index >= 15 is 0 Å². The van der Waals surface area contributed by atoms with E-state index in [0.717, 1.165) is 23.5 Å². The van der Waals surface area contributed by atoms with Gasteiger partial charge in [-0.1, -0.05) is 17.7 Å². The molecule has 0 heterocycles. The van der Waals surface area contributed by atoms with E-state index in [2.05, 4.69) is 22.4 Å². The molecule has 6 nitrogen and oxygen atoms in total. The summed E-state index contributed by atoms with van der Waals surface area (Å²) in [7, 11) is 1.63. The molecule has 0 unspecified atom stereocenters. The molecule has 0 bridgehead atoms. The summed E-state index contributed by atoms with van der Waals surface area (Å²) in [6.07, 6.45) is 4.04. The number of methoxy groups -OCH3 is 1. The molecular weight excluding hydrogens is 410 g/mol. The highest BCUT2D eigenvalue weighted by molar-refractivity contribution is 7.80.